The molecular weight excluding hydrogens is 323 g/mol. The number of ether oxygens (including phenoxy) is 1. The summed E-state index contributed by atoms with van der Waals surface area (Å²) in [4.78, 5) is 20.4. The van der Waals surface area contributed by atoms with Crippen LogP contribution in [0.5, 0.6) is 0 Å². The Bertz CT molecular complexity index is 741. The molecule has 0 unspecified atom stereocenters. The van der Waals surface area contributed by atoms with Gasteiger partial charge < -0.3 is 9.84 Å². The fourth-order valence-corrected chi connectivity index (χ4v) is 3.50. The molecule has 0 radical (unpaired) electrons. The topological polar surface area (TPSA) is 72.3 Å². The first-order valence-corrected chi connectivity index (χ1v) is 8.36. The van der Waals surface area contributed by atoms with Crippen LogP contribution >= 0.6 is 0 Å². The molecule has 5 nitrogen and oxygen atoms in total. The minimum absolute atomic E-state index is 0.233. The van der Waals surface area contributed by atoms with Gasteiger partial charge in [0.2, 0.25) is 0 Å². The van der Waals surface area contributed by atoms with Gasteiger partial charge in [0.15, 0.2) is 11.6 Å². The van der Waals surface area contributed by atoms with Gasteiger partial charge >= 0.3 is 5.97 Å². The Balaban J connectivity index is 1.86. The van der Waals surface area contributed by atoms with E-state index < -0.39 is 11.2 Å². The van der Waals surface area contributed by atoms with Crippen LogP contribution in [0, 0.1) is 11.2 Å². The summed E-state index contributed by atoms with van der Waals surface area (Å²) in [5.41, 5.74) is 1.12. The minimum Gasteiger partial charge on any atom is -0.469 e. The predicted molar refractivity (Wildman–Crippen MR) is 90.1 cm³/mol. The highest BCUT2D eigenvalue weighted by Crippen LogP contribution is 2.40. The summed E-state index contributed by atoms with van der Waals surface area (Å²) >= 11 is 0. The summed E-state index contributed by atoms with van der Waals surface area (Å²) in [6.45, 7) is 0. The maximum atomic E-state index is 13.0. The molecule has 0 aliphatic heterocycles. The van der Waals surface area contributed by atoms with E-state index in [1.807, 2.05) is 24.3 Å². The van der Waals surface area contributed by atoms with Crippen molar-refractivity contribution >= 4 is 5.97 Å². The van der Waals surface area contributed by atoms with Crippen molar-refractivity contribution < 1.29 is 19.0 Å². The third-order valence-corrected chi connectivity index (χ3v) is 4.88. The summed E-state index contributed by atoms with van der Waals surface area (Å²) in [5.74, 6) is -0.275. The fraction of sp³-hybridized carbons (Fsp3) is 0.421. The molecule has 1 aliphatic carbocycles. The number of aliphatic hydroxyl groups is 1. The Labute approximate surface area is 145 Å². The van der Waals surface area contributed by atoms with E-state index >= 15 is 0 Å². The van der Waals surface area contributed by atoms with E-state index in [4.69, 9.17) is 4.74 Å². The molecule has 0 amide bonds. The number of rotatable bonds is 4. The van der Waals surface area contributed by atoms with Gasteiger partial charge in [-0.15, -0.1) is 0 Å². The summed E-state index contributed by atoms with van der Waals surface area (Å²) in [7, 11) is 1.40. The number of hydrogen-bond acceptors (Lipinski definition) is 5. The zero-order valence-electron chi connectivity index (χ0n) is 14.1. The monoisotopic (exact) mass is 344 g/mol. The number of carbonyl (C=O) groups is 1. The van der Waals surface area contributed by atoms with Gasteiger partial charge in [0, 0.05) is 5.56 Å². The zero-order valence-corrected chi connectivity index (χ0v) is 14.1. The molecule has 1 heterocycles. The van der Waals surface area contributed by atoms with E-state index in [-0.39, 0.29) is 12.1 Å². The molecule has 0 bridgehead atoms. The van der Waals surface area contributed by atoms with Crippen molar-refractivity contribution in [3.8, 4) is 11.4 Å². The molecule has 3 rings (SSSR count). The number of halogens is 1. The predicted octanol–water partition coefficient (Wildman–Crippen LogP) is 2.92. The molecule has 1 fully saturated rings. The van der Waals surface area contributed by atoms with Gasteiger partial charge in [-0.1, -0.05) is 18.2 Å². The maximum absolute atomic E-state index is 13.0. The normalized spacial score (nSPS) is 23.2. The van der Waals surface area contributed by atoms with Crippen molar-refractivity contribution in [2.75, 3.05) is 7.11 Å². The summed E-state index contributed by atoms with van der Waals surface area (Å²) in [6.07, 6.45) is 4.82. The van der Waals surface area contributed by atoms with Crippen LogP contribution in [0.4, 0.5) is 4.39 Å². The fourth-order valence-electron chi connectivity index (χ4n) is 3.50. The summed E-state index contributed by atoms with van der Waals surface area (Å²) < 4.78 is 18.0. The second-order valence-electron chi connectivity index (χ2n) is 6.61. The minimum atomic E-state index is -0.615. The highest BCUT2D eigenvalue weighted by molar-refractivity contribution is 5.77. The molecule has 6 heteroatoms. The second kappa shape index (κ2) is 7.27. The first-order valence-electron chi connectivity index (χ1n) is 8.36. The van der Waals surface area contributed by atoms with Crippen LogP contribution in [0.3, 0.4) is 0 Å². The van der Waals surface area contributed by atoms with E-state index in [1.165, 1.54) is 7.11 Å². The van der Waals surface area contributed by atoms with Crippen molar-refractivity contribution in [2.45, 2.75) is 38.2 Å². The Morgan fingerprint density at radius 3 is 2.64 bits per heavy atom. The van der Waals surface area contributed by atoms with Crippen LogP contribution in [0.1, 0.15) is 31.2 Å². The van der Waals surface area contributed by atoms with Crippen molar-refractivity contribution in [2.24, 2.45) is 5.41 Å². The molecule has 1 aromatic carbocycles. The average Bonchev–Trinajstić information content (AvgIpc) is 2.64. The van der Waals surface area contributed by atoms with Crippen LogP contribution in [0.15, 0.2) is 36.7 Å². The third kappa shape index (κ3) is 3.85. The lowest BCUT2D eigenvalue weighted by Gasteiger charge is -2.36. The maximum Gasteiger partial charge on any atom is 0.312 e. The first-order chi connectivity index (χ1) is 12.0. The molecule has 1 saturated carbocycles. The quantitative estimate of drug-likeness (QED) is 0.864. The zero-order chi connectivity index (χ0) is 17.9. The Morgan fingerprint density at radius 1 is 1.32 bits per heavy atom. The van der Waals surface area contributed by atoms with E-state index in [1.54, 1.807) is 0 Å². The summed E-state index contributed by atoms with van der Waals surface area (Å²) in [5, 5.41) is 9.78. The van der Waals surface area contributed by atoms with Crippen molar-refractivity contribution in [1.29, 1.82) is 0 Å². The first kappa shape index (κ1) is 17.5. The van der Waals surface area contributed by atoms with Crippen LogP contribution < -0.4 is 0 Å². The van der Waals surface area contributed by atoms with E-state index in [2.05, 4.69) is 9.97 Å². The van der Waals surface area contributed by atoms with Crippen LogP contribution in [0.25, 0.3) is 11.4 Å². The molecular formula is C19H21FN2O3. The summed E-state index contributed by atoms with van der Waals surface area (Å²) in [6, 6.07) is 7.60. The van der Waals surface area contributed by atoms with Gasteiger partial charge in [-0.3, -0.25) is 4.79 Å². The van der Waals surface area contributed by atoms with Crippen molar-refractivity contribution in [3.05, 3.63) is 48.0 Å². The number of esters is 1. The molecule has 0 spiro atoms. The highest BCUT2D eigenvalue weighted by atomic mass is 19.1. The van der Waals surface area contributed by atoms with Gasteiger partial charge in [-0.2, -0.15) is 0 Å². The lowest BCUT2D eigenvalue weighted by atomic mass is 9.69. The van der Waals surface area contributed by atoms with E-state index in [0.717, 1.165) is 23.5 Å². The number of carbonyl (C=O) groups excluding carboxylic acids is 1. The van der Waals surface area contributed by atoms with Gasteiger partial charge in [0.05, 0.1) is 31.0 Å². The SMILES string of the molecule is COC(=O)C1(Cc2cccc(-c3ncc(F)cn3)c2)CCC(O)CC1. The Morgan fingerprint density at radius 2 is 2.00 bits per heavy atom. The second-order valence-corrected chi connectivity index (χ2v) is 6.61. The lowest BCUT2D eigenvalue weighted by Crippen LogP contribution is -2.39. The Kier molecular flexibility index (Phi) is 5.08. The van der Waals surface area contributed by atoms with Crippen LogP contribution in [-0.4, -0.2) is 34.3 Å². The molecule has 25 heavy (non-hydrogen) atoms. The van der Waals surface area contributed by atoms with Gasteiger partial charge in [-0.05, 0) is 43.7 Å². The molecule has 0 atom stereocenters. The lowest BCUT2D eigenvalue weighted by molar-refractivity contribution is -0.156. The van der Waals surface area contributed by atoms with Gasteiger partial charge in [-0.25, -0.2) is 14.4 Å². The highest BCUT2D eigenvalue weighted by Gasteiger charge is 2.42. The number of methoxy groups -OCH3 is 1. The van der Waals surface area contributed by atoms with Crippen molar-refractivity contribution in [1.82, 2.24) is 9.97 Å². The molecule has 0 saturated heterocycles. The third-order valence-electron chi connectivity index (χ3n) is 4.88. The van der Waals surface area contributed by atoms with Crippen molar-refractivity contribution in [3.63, 3.8) is 0 Å². The molecule has 2 aromatic rings. The number of aliphatic hydroxyl groups excluding tert-OH is 1. The molecule has 1 N–H and O–H groups in total. The standard InChI is InChI=1S/C19H21FN2O3/c1-25-18(24)19(7-5-16(23)6-8-19)10-13-3-2-4-14(9-13)17-21-11-15(20)12-22-17/h2-4,9,11-12,16,23H,5-8,10H2,1H3. The smallest absolute Gasteiger partial charge is 0.312 e. The van der Waals surface area contributed by atoms with Gasteiger partial charge in [0.25, 0.3) is 0 Å². The number of benzene rings is 1. The number of hydrogen-bond donors (Lipinski definition) is 1. The van der Waals surface area contributed by atoms with E-state index in [9.17, 15) is 14.3 Å². The van der Waals surface area contributed by atoms with Crippen LogP contribution in [0.2, 0.25) is 0 Å². The number of nitrogens with zero attached hydrogens (tertiary/aromatic N) is 2. The molecule has 1 aromatic heterocycles. The molecule has 1 aliphatic rings. The number of aromatic nitrogens is 2. The largest absolute Gasteiger partial charge is 0.469 e. The average molecular weight is 344 g/mol. The van der Waals surface area contributed by atoms with Crippen LogP contribution in [-0.2, 0) is 16.0 Å². The Hall–Kier alpha value is -2.34. The van der Waals surface area contributed by atoms with Gasteiger partial charge in [0.1, 0.15) is 0 Å². The van der Waals surface area contributed by atoms with E-state index in [0.29, 0.717) is 37.9 Å². The molecule has 132 valence electrons.